The van der Waals surface area contributed by atoms with Gasteiger partial charge < -0.3 is 0 Å². The fourth-order valence-electron chi connectivity index (χ4n) is 0.676. The number of halogens is 1. The Morgan fingerprint density at radius 2 is 2.12 bits per heavy atom. The highest BCUT2D eigenvalue weighted by molar-refractivity contribution is 9.10. The second kappa shape index (κ2) is 5.83. The van der Waals surface area contributed by atoms with E-state index in [9.17, 15) is 0 Å². The minimum absolute atomic E-state index is 0.856. The highest BCUT2D eigenvalue weighted by Crippen LogP contribution is 2.06. The van der Waals surface area contributed by atoms with Gasteiger partial charge in [-0.2, -0.15) is 0 Å². The van der Waals surface area contributed by atoms with Crippen LogP contribution in [0.2, 0.25) is 0 Å². The summed E-state index contributed by atoms with van der Waals surface area (Å²) in [6, 6.07) is 0. The van der Waals surface area contributed by atoms with Gasteiger partial charge in [0.2, 0.25) is 0 Å². The predicted molar refractivity (Wildman–Crippen MR) is 46.8 cm³/mol. The fourth-order valence-corrected chi connectivity index (χ4v) is 1.41. The highest BCUT2D eigenvalue weighted by Gasteiger charge is 1.92. The highest BCUT2D eigenvalue weighted by atomic mass is 79.9. The Balaban J connectivity index is 2.72. The van der Waals surface area contributed by atoms with Gasteiger partial charge in [0, 0.05) is 10.2 Å². The van der Waals surface area contributed by atoms with Crippen molar-refractivity contribution in [3.05, 3.63) is 0 Å². The summed E-state index contributed by atoms with van der Waals surface area (Å²) < 4.78 is 0.856. The topological polar surface area (TPSA) is 0 Å². The van der Waals surface area contributed by atoms with Crippen LogP contribution >= 0.6 is 15.9 Å². The molecule has 0 N–H and O–H groups in total. The van der Waals surface area contributed by atoms with Crippen LogP contribution in [0.1, 0.15) is 32.6 Å². The first-order valence-electron chi connectivity index (χ1n) is 3.41. The zero-order valence-electron chi connectivity index (χ0n) is 5.78. The van der Waals surface area contributed by atoms with E-state index in [1.807, 2.05) is 0 Å². The lowest BCUT2D eigenvalue weighted by Crippen LogP contribution is -1.94. The maximum Gasteiger partial charge on any atom is 0.0201 e. The summed E-state index contributed by atoms with van der Waals surface area (Å²) in [4.78, 5) is 0. The van der Waals surface area contributed by atoms with Crippen LogP contribution in [0, 0.1) is 0 Å². The molecule has 0 nitrogen and oxygen atoms in total. The Bertz CT molecular complexity index is 45.8. The third kappa shape index (κ3) is 6.70. The first kappa shape index (κ1) is 8.70. The van der Waals surface area contributed by atoms with E-state index in [0.717, 1.165) is 4.45 Å². The molecule has 0 saturated heterocycles. The van der Waals surface area contributed by atoms with E-state index < -0.39 is 0 Å². The SMILES string of the molecule is CCCCCC([SiH3])Br. The van der Waals surface area contributed by atoms with Gasteiger partial charge in [-0.15, -0.1) is 0 Å². The van der Waals surface area contributed by atoms with Gasteiger partial charge in [0.15, 0.2) is 0 Å². The third-order valence-corrected chi connectivity index (χ3v) is 2.24. The van der Waals surface area contributed by atoms with Crippen molar-refractivity contribution in [3.8, 4) is 0 Å². The third-order valence-electron chi connectivity index (χ3n) is 1.21. The van der Waals surface area contributed by atoms with Crippen molar-refractivity contribution in [3.63, 3.8) is 0 Å². The van der Waals surface area contributed by atoms with Gasteiger partial charge in [0.25, 0.3) is 0 Å². The van der Waals surface area contributed by atoms with Crippen LogP contribution in [0.5, 0.6) is 0 Å². The molecule has 0 saturated carbocycles. The van der Waals surface area contributed by atoms with Crippen molar-refractivity contribution >= 4 is 26.2 Å². The van der Waals surface area contributed by atoms with Gasteiger partial charge in [0.1, 0.15) is 0 Å². The molecule has 0 aliphatic heterocycles. The predicted octanol–water partition coefficient (Wildman–Crippen LogP) is 1.65. The van der Waals surface area contributed by atoms with Crippen molar-refractivity contribution in [2.75, 3.05) is 0 Å². The Labute approximate surface area is 63.6 Å². The van der Waals surface area contributed by atoms with Gasteiger partial charge in [-0.05, 0) is 10.9 Å². The van der Waals surface area contributed by atoms with Crippen LogP contribution in [0.4, 0.5) is 0 Å². The molecule has 0 rings (SSSR count). The summed E-state index contributed by atoms with van der Waals surface area (Å²) in [5, 5.41) is 0. The van der Waals surface area contributed by atoms with Crippen LogP contribution in [-0.4, -0.2) is 14.7 Å². The molecular weight excluding hydrogens is 180 g/mol. The molecule has 1 unspecified atom stereocenters. The van der Waals surface area contributed by atoms with Gasteiger partial charge in [0.05, 0.1) is 0 Å². The van der Waals surface area contributed by atoms with E-state index in [2.05, 4.69) is 22.9 Å². The molecule has 0 spiro atoms. The molecular formula is C6H15BrSi. The van der Waals surface area contributed by atoms with Crippen molar-refractivity contribution in [2.24, 2.45) is 0 Å². The van der Waals surface area contributed by atoms with Crippen molar-refractivity contribution < 1.29 is 0 Å². The van der Waals surface area contributed by atoms with Crippen LogP contribution in [-0.2, 0) is 0 Å². The van der Waals surface area contributed by atoms with Crippen LogP contribution in [0.3, 0.4) is 0 Å². The lowest BCUT2D eigenvalue weighted by atomic mass is 10.2. The second-order valence-corrected chi connectivity index (χ2v) is 6.92. The standard InChI is InChI=1S/C6H15BrSi/c1-2-3-4-5-6(7)8/h6H,2-5H2,1,8H3. The van der Waals surface area contributed by atoms with Crippen LogP contribution in [0.25, 0.3) is 0 Å². The molecule has 0 fully saturated rings. The lowest BCUT2D eigenvalue weighted by Gasteiger charge is -1.98. The van der Waals surface area contributed by atoms with E-state index in [1.54, 1.807) is 0 Å². The Morgan fingerprint density at radius 3 is 2.50 bits per heavy atom. The van der Waals surface area contributed by atoms with Crippen molar-refractivity contribution in [2.45, 2.75) is 37.1 Å². The zero-order chi connectivity index (χ0) is 6.41. The summed E-state index contributed by atoms with van der Waals surface area (Å²) in [5.74, 6) is 0. The molecule has 2 heteroatoms. The molecule has 50 valence electrons. The zero-order valence-corrected chi connectivity index (χ0v) is 9.37. The molecule has 0 aromatic heterocycles. The fraction of sp³-hybridized carbons (Fsp3) is 1.00. The number of hydrogen-bond acceptors (Lipinski definition) is 0. The van der Waals surface area contributed by atoms with E-state index in [4.69, 9.17) is 0 Å². The smallest absolute Gasteiger partial charge is 0.0201 e. The average Bonchev–Trinajstić information content (AvgIpc) is 1.66. The van der Waals surface area contributed by atoms with E-state index in [-0.39, 0.29) is 0 Å². The first-order valence-corrected chi connectivity index (χ1v) is 5.48. The minimum atomic E-state index is 0.856. The largest absolute Gasteiger partial charge is 0.0936 e. The normalized spacial score (nSPS) is 14.2. The molecule has 0 amide bonds. The van der Waals surface area contributed by atoms with Gasteiger partial charge >= 0.3 is 0 Å². The minimum Gasteiger partial charge on any atom is -0.0936 e. The summed E-state index contributed by atoms with van der Waals surface area (Å²) in [6.45, 7) is 2.25. The van der Waals surface area contributed by atoms with Crippen molar-refractivity contribution in [1.82, 2.24) is 0 Å². The molecule has 0 aromatic carbocycles. The maximum absolute atomic E-state index is 3.57. The Kier molecular flexibility index (Phi) is 6.33. The van der Waals surface area contributed by atoms with E-state index in [1.165, 1.54) is 35.9 Å². The molecule has 0 radical (unpaired) electrons. The number of hydrogen-bond donors (Lipinski definition) is 0. The van der Waals surface area contributed by atoms with E-state index in [0.29, 0.717) is 0 Å². The summed E-state index contributed by atoms with van der Waals surface area (Å²) in [7, 11) is 1.30. The molecule has 8 heavy (non-hydrogen) atoms. The van der Waals surface area contributed by atoms with Crippen LogP contribution < -0.4 is 0 Å². The Morgan fingerprint density at radius 1 is 1.50 bits per heavy atom. The molecule has 0 bridgehead atoms. The number of alkyl halides is 1. The van der Waals surface area contributed by atoms with Crippen LogP contribution in [0.15, 0.2) is 0 Å². The average molecular weight is 195 g/mol. The monoisotopic (exact) mass is 194 g/mol. The Hall–Kier alpha value is 0.697. The molecule has 0 aromatic rings. The van der Waals surface area contributed by atoms with Gasteiger partial charge in [-0.25, -0.2) is 0 Å². The van der Waals surface area contributed by atoms with Gasteiger partial charge in [-0.1, -0.05) is 42.1 Å². The maximum atomic E-state index is 3.57. The van der Waals surface area contributed by atoms with E-state index >= 15 is 0 Å². The quantitative estimate of drug-likeness (QED) is 0.363. The number of rotatable bonds is 4. The molecule has 0 aliphatic carbocycles. The second-order valence-electron chi connectivity index (χ2n) is 2.28. The van der Waals surface area contributed by atoms with Gasteiger partial charge in [-0.3, -0.25) is 0 Å². The summed E-state index contributed by atoms with van der Waals surface area (Å²) >= 11 is 3.57. The summed E-state index contributed by atoms with van der Waals surface area (Å²) in [5.41, 5.74) is 0. The summed E-state index contributed by atoms with van der Waals surface area (Å²) in [6.07, 6.45) is 5.56. The molecule has 1 atom stereocenters. The first-order chi connectivity index (χ1) is 3.77. The molecule has 0 aliphatic rings. The molecule has 0 heterocycles. The van der Waals surface area contributed by atoms with Crippen molar-refractivity contribution in [1.29, 1.82) is 0 Å². The lowest BCUT2D eigenvalue weighted by molar-refractivity contribution is 0.697. The number of unbranched alkanes of at least 4 members (excludes halogenated alkanes) is 2.